The number of aromatic nitrogens is 2. The van der Waals surface area contributed by atoms with Crippen molar-refractivity contribution >= 4 is 17.0 Å². The fourth-order valence-electron chi connectivity index (χ4n) is 1.44. The summed E-state index contributed by atoms with van der Waals surface area (Å²) >= 11 is 0. The molecule has 0 saturated carbocycles. The molecule has 0 amide bonds. The van der Waals surface area contributed by atoms with Gasteiger partial charge in [0.25, 0.3) is 0 Å². The van der Waals surface area contributed by atoms with Crippen LogP contribution in [0.5, 0.6) is 0 Å². The third-order valence-electron chi connectivity index (χ3n) is 2.64. The number of aromatic amines is 1. The summed E-state index contributed by atoms with van der Waals surface area (Å²) in [7, 11) is 1.92. The average Bonchev–Trinajstić information content (AvgIpc) is 2.70. The van der Waals surface area contributed by atoms with Gasteiger partial charge in [0.05, 0.1) is 23.7 Å². The van der Waals surface area contributed by atoms with E-state index in [4.69, 9.17) is 5.11 Å². The van der Waals surface area contributed by atoms with E-state index in [-0.39, 0.29) is 12.6 Å². The number of para-hydroxylation sites is 2. The van der Waals surface area contributed by atoms with E-state index < -0.39 is 0 Å². The quantitative estimate of drug-likeness (QED) is 0.796. The molecule has 4 heteroatoms. The van der Waals surface area contributed by atoms with Gasteiger partial charge in [0, 0.05) is 7.05 Å². The number of aliphatic hydroxyl groups is 1. The standard InChI is InChI=1S/C11H15N3O/c1-8(7-15)14(2)11-12-9-5-3-4-6-10(9)13-11/h3-6,8,15H,7H2,1-2H3,(H,12,13). The number of anilines is 1. The molecule has 2 aromatic rings. The molecule has 0 bridgehead atoms. The molecule has 0 aliphatic heterocycles. The van der Waals surface area contributed by atoms with Gasteiger partial charge in [-0.1, -0.05) is 12.1 Å². The van der Waals surface area contributed by atoms with Crippen molar-refractivity contribution in [2.24, 2.45) is 0 Å². The number of rotatable bonds is 3. The highest BCUT2D eigenvalue weighted by Crippen LogP contribution is 2.17. The first kappa shape index (κ1) is 9.98. The number of aliphatic hydroxyl groups excluding tert-OH is 1. The zero-order valence-electron chi connectivity index (χ0n) is 8.94. The highest BCUT2D eigenvalue weighted by atomic mass is 16.3. The second-order valence-electron chi connectivity index (χ2n) is 3.72. The van der Waals surface area contributed by atoms with Crippen molar-refractivity contribution in [2.45, 2.75) is 13.0 Å². The summed E-state index contributed by atoms with van der Waals surface area (Å²) < 4.78 is 0. The number of fused-ring (bicyclic) bond motifs is 1. The highest BCUT2D eigenvalue weighted by molar-refractivity contribution is 5.77. The second-order valence-corrected chi connectivity index (χ2v) is 3.72. The Hall–Kier alpha value is -1.55. The second kappa shape index (κ2) is 3.90. The van der Waals surface area contributed by atoms with Gasteiger partial charge in [-0.3, -0.25) is 0 Å². The van der Waals surface area contributed by atoms with E-state index in [9.17, 15) is 0 Å². The van der Waals surface area contributed by atoms with Gasteiger partial charge in [-0.15, -0.1) is 0 Å². The first-order valence-electron chi connectivity index (χ1n) is 5.01. The molecule has 15 heavy (non-hydrogen) atoms. The molecule has 1 aromatic carbocycles. The van der Waals surface area contributed by atoms with Crippen LogP contribution in [0, 0.1) is 0 Å². The van der Waals surface area contributed by atoms with Gasteiger partial charge in [-0.25, -0.2) is 4.98 Å². The molecule has 1 unspecified atom stereocenters. The lowest BCUT2D eigenvalue weighted by molar-refractivity contribution is 0.269. The molecule has 1 atom stereocenters. The summed E-state index contributed by atoms with van der Waals surface area (Å²) in [6.07, 6.45) is 0. The Bertz CT molecular complexity index is 419. The monoisotopic (exact) mass is 205 g/mol. The van der Waals surface area contributed by atoms with Crippen molar-refractivity contribution in [1.82, 2.24) is 9.97 Å². The van der Waals surface area contributed by atoms with Crippen LogP contribution in [0.3, 0.4) is 0 Å². The fraction of sp³-hybridized carbons (Fsp3) is 0.364. The number of hydrogen-bond acceptors (Lipinski definition) is 3. The smallest absolute Gasteiger partial charge is 0.203 e. The van der Waals surface area contributed by atoms with Crippen LogP contribution >= 0.6 is 0 Å². The summed E-state index contributed by atoms with van der Waals surface area (Å²) in [5.74, 6) is 0.790. The lowest BCUT2D eigenvalue weighted by Gasteiger charge is -2.21. The van der Waals surface area contributed by atoms with E-state index in [2.05, 4.69) is 9.97 Å². The van der Waals surface area contributed by atoms with E-state index in [0.717, 1.165) is 17.0 Å². The normalized spacial score (nSPS) is 13.0. The van der Waals surface area contributed by atoms with Crippen LogP contribution in [0.4, 0.5) is 5.95 Å². The summed E-state index contributed by atoms with van der Waals surface area (Å²) in [4.78, 5) is 9.59. The zero-order chi connectivity index (χ0) is 10.8. The molecule has 1 heterocycles. The molecular weight excluding hydrogens is 190 g/mol. The lowest BCUT2D eigenvalue weighted by Crippen LogP contribution is -2.32. The van der Waals surface area contributed by atoms with E-state index in [1.165, 1.54) is 0 Å². The molecule has 4 nitrogen and oxygen atoms in total. The van der Waals surface area contributed by atoms with E-state index >= 15 is 0 Å². The first-order chi connectivity index (χ1) is 7.22. The maximum Gasteiger partial charge on any atom is 0.203 e. The Morgan fingerprint density at radius 2 is 2.20 bits per heavy atom. The minimum absolute atomic E-state index is 0.0607. The molecular formula is C11H15N3O. The fourth-order valence-corrected chi connectivity index (χ4v) is 1.44. The van der Waals surface area contributed by atoms with Gasteiger partial charge < -0.3 is 15.0 Å². The Labute approximate surface area is 88.6 Å². The molecule has 0 fully saturated rings. The third-order valence-corrected chi connectivity index (χ3v) is 2.64. The molecule has 2 rings (SSSR count). The SMILES string of the molecule is CC(CO)N(C)c1nc2ccccc2[nH]1. The number of imidazole rings is 1. The molecule has 2 N–H and O–H groups in total. The average molecular weight is 205 g/mol. The lowest BCUT2D eigenvalue weighted by atomic mass is 10.3. The van der Waals surface area contributed by atoms with Crippen LogP contribution in [0.25, 0.3) is 11.0 Å². The predicted molar refractivity (Wildman–Crippen MR) is 61.0 cm³/mol. The van der Waals surface area contributed by atoms with Gasteiger partial charge >= 0.3 is 0 Å². The number of hydrogen-bond donors (Lipinski definition) is 2. The highest BCUT2D eigenvalue weighted by Gasteiger charge is 2.12. The van der Waals surface area contributed by atoms with Crippen molar-refractivity contribution < 1.29 is 5.11 Å². The molecule has 0 spiro atoms. The van der Waals surface area contributed by atoms with Crippen molar-refractivity contribution in [3.63, 3.8) is 0 Å². The Balaban J connectivity index is 2.36. The van der Waals surface area contributed by atoms with Crippen LogP contribution in [0.1, 0.15) is 6.92 Å². The molecule has 0 aliphatic carbocycles. The summed E-state index contributed by atoms with van der Waals surface area (Å²) in [5, 5.41) is 9.06. The van der Waals surface area contributed by atoms with Crippen LogP contribution in [-0.4, -0.2) is 34.8 Å². The maximum atomic E-state index is 9.06. The predicted octanol–water partition coefficient (Wildman–Crippen LogP) is 1.38. The van der Waals surface area contributed by atoms with Crippen molar-refractivity contribution in [2.75, 3.05) is 18.6 Å². The van der Waals surface area contributed by atoms with Crippen LogP contribution in [-0.2, 0) is 0 Å². The van der Waals surface area contributed by atoms with E-state index in [1.54, 1.807) is 0 Å². The number of nitrogens with zero attached hydrogens (tertiary/aromatic N) is 2. The Morgan fingerprint density at radius 1 is 1.47 bits per heavy atom. The van der Waals surface area contributed by atoms with Crippen LogP contribution in [0.15, 0.2) is 24.3 Å². The first-order valence-corrected chi connectivity index (χ1v) is 5.01. The number of H-pyrrole nitrogens is 1. The summed E-state index contributed by atoms with van der Waals surface area (Å²) in [6.45, 7) is 2.07. The van der Waals surface area contributed by atoms with Crippen molar-refractivity contribution in [1.29, 1.82) is 0 Å². The van der Waals surface area contributed by atoms with Crippen molar-refractivity contribution in [3.05, 3.63) is 24.3 Å². The third kappa shape index (κ3) is 1.80. The van der Waals surface area contributed by atoms with E-state index in [0.29, 0.717) is 0 Å². The number of nitrogens with one attached hydrogen (secondary N) is 1. The molecule has 1 aromatic heterocycles. The van der Waals surface area contributed by atoms with Gasteiger partial charge in [-0.05, 0) is 19.1 Å². The van der Waals surface area contributed by atoms with Gasteiger partial charge in [-0.2, -0.15) is 0 Å². The van der Waals surface area contributed by atoms with Crippen LogP contribution < -0.4 is 4.90 Å². The summed E-state index contributed by atoms with van der Waals surface area (Å²) in [6, 6.07) is 7.95. The Morgan fingerprint density at radius 3 is 2.87 bits per heavy atom. The molecule has 0 aliphatic rings. The topological polar surface area (TPSA) is 52.1 Å². The van der Waals surface area contributed by atoms with Gasteiger partial charge in [0.15, 0.2) is 0 Å². The largest absolute Gasteiger partial charge is 0.394 e. The maximum absolute atomic E-state index is 9.06. The van der Waals surface area contributed by atoms with Gasteiger partial charge in [0.2, 0.25) is 5.95 Å². The number of likely N-dealkylation sites (N-methyl/N-ethyl adjacent to an activating group) is 1. The van der Waals surface area contributed by atoms with E-state index in [1.807, 2.05) is 43.1 Å². The van der Waals surface area contributed by atoms with Crippen LogP contribution in [0.2, 0.25) is 0 Å². The molecule has 0 saturated heterocycles. The molecule has 80 valence electrons. The minimum atomic E-state index is 0.0607. The Kier molecular flexibility index (Phi) is 2.60. The zero-order valence-corrected chi connectivity index (χ0v) is 8.94. The minimum Gasteiger partial charge on any atom is -0.394 e. The number of benzene rings is 1. The van der Waals surface area contributed by atoms with Gasteiger partial charge in [0.1, 0.15) is 0 Å². The molecule has 0 radical (unpaired) electrons. The van der Waals surface area contributed by atoms with Crippen molar-refractivity contribution in [3.8, 4) is 0 Å². The summed E-state index contributed by atoms with van der Waals surface area (Å²) in [5.41, 5.74) is 1.97.